The van der Waals surface area contributed by atoms with Gasteiger partial charge >= 0.3 is 0 Å². The normalized spacial score (nSPS) is 17.1. The van der Waals surface area contributed by atoms with Gasteiger partial charge in [-0.1, -0.05) is 19.1 Å². The summed E-state index contributed by atoms with van der Waals surface area (Å²) in [6.07, 6.45) is 0.723. The van der Waals surface area contributed by atoms with Crippen molar-refractivity contribution in [3.63, 3.8) is 0 Å². The second-order valence-electron chi connectivity index (χ2n) is 9.16. The van der Waals surface area contributed by atoms with Gasteiger partial charge < -0.3 is 21.1 Å². The molecule has 36 heavy (non-hydrogen) atoms. The van der Waals surface area contributed by atoms with E-state index in [4.69, 9.17) is 5.73 Å². The summed E-state index contributed by atoms with van der Waals surface area (Å²) in [7, 11) is 0. The monoisotopic (exact) mass is 511 g/mol. The topological polar surface area (TPSA) is 124 Å². The molecule has 3 aromatic rings. The van der Waals surface area contributed by atoms with Crippen LogP contribution in [-0.2, 0) is 6.42 Å². The zero-order valence-electron chi connectivity index (χ0n) is 20.4. The number of alkyl halides is 1. The Hall–Kier alpha value is -3.50. The van der Waals surface area contributed by atoms with E-state index in [1.807, 2.05) is 32.0 Å². The highest BCUT2D eigenvalue weighted by Crippen LogP contribution is 2.36. The molecule has 1 amide bonds. The van der Waals surface area contributed by atoms with Crippen LogP contribution in [0.3, 0.4) is 0 Å². The van der Waals surface area contributed by atoms with Crippen LogP contribution in [0.2, 0.25) is 0 Å². The van der Waals surface area contributed by atoms with Crippen LogP contribution in [0.5, 0.6) is 0 Å². The van der Waals surface area contributed by atoms with E-state index in [1.54, 1.807) is 36.1 Å². The van der Waals surface area contributed by atoms with Gasteiger partial charge in [-0.25, -0.2) is 0 Å². The Kier molecular flexibility index (Phi) is 7.56. The number of aromatic nitrogens is 1. The highest BCUT2D eigenvalue weighted by Gasteiger charge is 2.32. The molecule has 2 aromatic carbocycles. The Bertz CT molecular complexity index is 1330. The van der Waals surface area contributed by atoms with Gasteiger partial charge in [0.1, 0.15) is 16.4 Å². The standard InChI is InChI=1S/C26H30FN5O3S/c1-14(12-27)18-6-9-21-19(11-18)10-16(3)32(21)26(35)17-4-7-20(8-5-17)30-25-22(24(34)31-36-25)23(28)29-15(2)13-33/h4-9,11,14-16,30,33H,10,12-13H2,1-3H3,(H2,28,29)(H,31,34). The summed E-state index contributed by atoms with van der Waals surface area (Å²) in [5.74, 6) is -0.242. The Morgan fingerprint density at radius 1 is 1.31 bits per heavy atom. The van der Waals surface area contributed by atoms with Crippen molar-refractivity contribution in [3.8, 4) is 0 Å². The average Bonchev–Trinajstić information content (AvgIpc) is 3.40. The molecular formula is C26H30FN5O3S. The summed E-state index contributed by atoms with van der Waals surface area (Å²) in [5.41, 5.74) is 9.90. The number of hydrogen-bond acceptors (Lipinski definition) is 6. The molecule has 10 heteroatoms. The second-order valence-corrected chi connectivity index (χ2v) is 9.97. The predicted molar refractivity (Wildman–Crippen MR) is 143 cm³/mol. The summed E-state index contributed by atoms with van der Waals surface area (Å²) in [4.78, 5) is 31.6. The first-order valence-corrected chi connectivity index (χ1v) is 12.6. The number of anilines is 3. The van der Waals surface area contributed by atoms with Gasteiger partial charge in [0.05, 0.1) is 19.3 Å². The number of aromatic amines is 1. The van der Waals surface area contributed by atoms with Gasteiger partial charge in [0.15, 0.2) is 0 Å². The van der Waals surface area contributed by atoms with Crippen molar-refractivity contribution in [2.75, 3.05) is 23.5 Å². The van der Waals surface area contributed by atoms with E-state index in [1.165, 1.54) is 0 Å². The number of H-pyrrole nitrogens is 1. The Morgan fingerprint density at radius 3 is 2.69 bits per heavy atom. The van der Waals surface area contributed by atoms with Crippen LogP contribution in [0.4, 0.5) is 20.8 Å². The zero-order valence-corrected chi connectivity index (χ0v) is 21.2. The first-order valence-electron chi connectivity index (χ1n) is 11.8. The van der Waals surface area contributed by atoms with Crippen LogP contribution in [0.25, 0.3) is 0 Å². The molecule has 1 aliphatic heterocycles. The van der Waals surface area contributed by atoms with E-state index in [-0.39, 0.29) is 41.4 Å². The molecule has 2 heterocycles. The van der Waals surface area contributed by atoms with E-state index in [0.29, 0.717) is 16.3 Å². The van der Waals surface area contributed by atoms with Gasteiger partial charge in [0, 0.05) is 28.9 Å². The molecule has 0 aliphatic carbocycles. The largest absolute Gasteiger partial charge is 0.394 e. The highest BCUT2D eigenvalue weighted by molar-refractivity contribution is 7.10. The van der Waals surface area contributed by atoms with Crippen LogP contribution in [0.15, 0.2) is 52.3 Å². The number of halogens is 1. The van der Waals surface area contributed by atoms with Crippen LogP contribution >= 0.6 is 11.5 Å². The number of rotatable bonds is 8. The number of aliphatic hydroxyl groups excluding tert-OH is 1. The van der Waals surface area contributed by atoms with Crippen LogP contribution in [0.1, 0.15) is 53.7 Å². The number of amides is 1. The molecule has 190 valence electrons. The molecule has 0 saturated carbocycles. The van der Waals surface area contributed by atoms with Crippen molar-refractivity contribution < 1.29 is 14.3 Å². The van der Waals surface area contributed by atoms with E-state index >= 15 is 0 Å². The summed E-state index contributed by atoms with van der Waals surface area (Å²) in [5, 5.41) is 12.9. The number of carbonyl (C=O) groups is 1. The molecule has 0 radical (unpaired) electrons. The Labute approximate surface area is 212 Å². The maximum atomic E-state index is 13.4. The number of amidine groups is 1. The third-order valence-electron chi connectivity index (χ3n) is 6.31. The number of hydrogen-bond donors (Lipinski definition) is 4. The molecule has 0 bridgehead atoms. The quantitative estimate of drug-likeness (QED) is 0.270. The number of aliphatic imine (C=N–C) groups is 1. The minimum atomic E-state index is -0.431. The van der Waals surface area contributed by atoms with Crippen molar-refractivity contribution in [1.82, 2.24) is 4.37 Å². The molecule has 3 atom stereocenters. The fourth-order valence-corrected chi connectivity index (χ4v) is 5.05. The van der Waals surface area contributed by atoms with Crippen molar-refractivity contribution in [1.29, 1.82) is 0 Å². The first kappa shape index (κ1) is 25.6. The molecule has 5 N–H and O–H groups in total. The van der Waals surface area contributed by atoms with Crippen molar-refractivity contribution in [2.45, 2.75) is 45.2 Å². The van der Waals surface area contributed by atoms with Gasteiger partial charge in [-0.2, -0.15) is 0 Å². The molecule has 0 fully saturated rings. The lowest BCUT2D eigenvalue weighted by Crippen LogP contribution is -2.35. The fourth-order valence-electron chi connectivity index (χ4n) is 4.29. The maximum Gasteiger partial charge on any atom is 0.271 e. The van der Waals surface area contributed by atoms with Gasteiger partial charge in [-0.3, -0.25) is 23.3 Å². The Balaban J connectivity index is 1.53. The highest BCUT2D eigenvalue weighted by atomic mass is 32.1. The lowest BCUT2D eigenvalue weighted by molar-refractivity contribution is 0.0981. The van der Waals surface area contributed by atoms with E-state index in [0.717, 1.165) is 34.8 Å². The van der Waals surface area contributed by atoms with Gasteiger partial charge in [-0.15, -0.1) is 0 Å². The Morgan fingerprint density at radius 2 is 2.03 bits per heavy atom. The zero-order chi connectivity index (χ0) is 26.0. The number of nitrogens with two attached hydrogens (primary N) is 1. The average molecular weight is 512 g/mol. The predicted octanol–water partition coefficient (Wildman–Crippen LogP) is 3.93. The van der Waals surface area contributed by atoms with Gasteiger partial charge in [0.2, 0.25) is 0 Å². The molecule has 1 aliphatic rings. The molecule has 4 rings (SSSR count). The van der Waals surface area contributed by atoms with Crippen molar-refractivity contribution >= 4 is 39.7 Å². The van der Waals surface area contributed by atoms with Crippen LogP contribution in [-0.4, -0.2) is 46.6 Å². The minimum absolute atomic E-state index is 0.00972. The van der Waals surface area contributed by atoms with Crippen molar-refractivity contribution in [3.05, 3.63) is 75.1 Å². The van der Waals surface area contributed by atoms with Crippen molar-refractivity contribution in [2.24, 2.45) is 10.7 Å². The maximum absolute atomic E-state index is 13.4. The SMILES string of the molecule is CC(CO)N=C(N)c1c(Nc2ccc(C(=O)N3c4ccc(C(C)CF)cc4CC3C)cc2)s[nH]c1=O. The van der Waals surface area contributed by atoms with E-state index < -0.39 is 12.7 Å². The van der Waals surface area contributed by atoms with Gasteiger partial charge in [-0.05, 0) is 73.3 Å². The number of nitrogens with zero attached hydrogens (tertiary/aromatic N) is 2. The van der Waals surface area contributed by atoms with Crippen LogP contribution in [0, 0.1) is 0 Å². The third kappa shape index (κ3) is 5.05. The van der Waals surface area contributed by atoms with Gasteiger partial charge in [0.25, 0.3) is 11.5 Å². The van der Waals surface area contributed by atoms with E-state index in [9.17, 15) is 19.1 Å². The second kappa shape index (κ2) is 10.6. The summed E-state index contributed by atoms with van der Waals surface area (Å²) >= 11 is 1.09. The molecule has 0 spiro atoms. The lowest BCUT2D eigenvalue weighted by Gasteiger charge is -2.23. The lowest BCUT2D eigenvalue weighted by atomic mass is 9.98. The molecule has 8 nitrogen and oxygen atoms in total. The summed E-state index contributed by atoms with van der Waals surface area (Å²) in [6.45, 7) is 4.95. The first-order chi connectivity index (χ1) is 17.2. The number of carbonyl (C=O) groups excluding carboxylic acids is 1. The molecular weight excluding hydrogens is 481 g/mol. The number of nitrogens with one attached hydrogen (secondary N) is 2. The minimum Gasteiger partial charge on any atom is -0.394 e. The number of fused-ring (bicyclic) bond motifs is 1. The third-order valence-corrected chi connectivity index (χ3v) is 7.11. The summed E-state index contributed by atoms with van der Waals surface area (Å²) in [6, 6.07) is 12.4. The smallest absolute Gasteiger partial charge is 0.271 e. The molecule has 1 aromatic heterocycles. The van der Waals surface area contributed by atoms with Crippen LogP contribution < -0.4 is 21.5 Å². The summed E-state index contributed by atoms with van der Waals surface area (Å²) < 4.78 is 15.8. The fraction of sp³-hybridized carbons (Fsp3) is 0.346. The molecule has 0 saturated heterocycles. The molecule has 3 unspecified atom stereocenters. The van der Waals surface area contributed by atoms with E-state index in [2.05, 4.69) is 14.7 Å². The number of benzene rings is 2. The number of aliphatic hydroxyl groups is 1.